The van der Waals surface area contributed by atoms with Gasteiger partial charge < -0.3 is 19.3 Å². The highest BCUT2D eigenvalue weighted by molar-refractivity contribution is 5.45. The van der Waals surface area contributed by atoms with Crippen molar-refractivity contribution in [2.45, 2.75) is 31.5 Å². The van der Waals surface area contributed by atoms with Gasteiger partial charge in [-0.15, -0.1) is 0 Å². The fraction of sp³-hybridized carbons (Fsp3) is 0.571. The molecule has 0 aromatic heterocycles. The standard InChI is InChI=1S/C14H20O4/c1-4-18-11-8-14(15,9-11)12-7-10(16-2)5-6-13(12)17-3/h5-7,11,15H,4,8-9H2,1-3H3. The lowest BCUT2D eigenvalue weighted by molar-refractivity contribution is -0.143. The molecule has 0 amide bonds. The minimum absolute atomic E-state index is 0.135. The van der Waals surface area contributed by atoms with E-state index in [9.17, 15) is 5.11 Å². The average molecular weight is 252 g/mol. The molecule has 1 saturated carbocycles. The third-order valence-electron chi connectivity index (χ3n) is 3.44. The molecule has 1 aliphatic carbocycles. The number of hydrogen-bond acceptors (Lipinski definition) is 4. The number of methoxy groups -OCH3 is 2. The Bertz CT molecular complexity index is 410. The molecule has 2 rings (SSSR count). The molecular weight excluding hydrogens is 232 g/mol. The second kappa shape index (κ2) is 5.16. The number of hydrogen-bond donors (Lipinski definition) is 1. The molecule has 0 spiro atoms. The predicted molar refractivity (Wildman–Crippen MR) is 68.1 cm³/mol. The molecule has 18 heavy (non-hydrogen) atoms. The van der Waals surface area contributed by atoms with Gasteiger partial charge in [-0.05, 0) is 25.1 Å². The van der Waals surface area contributed by atoms with Gasteiger partial charge in [0.2, 0.25) is 0 Å². The molecule has 100 valence electrons. The van der Waals surface area contributed by atoms with Crippen molar-refractivity contribution in [1.29, 1.82) is 0 Å². The summed E-state index contributed by atoms with van der Waals surface area (Å²) in [6.45, 7) is 2.64. The highest BCUT2D eigenvalue weighted by atomic mass is 16.5. The summed E-state index contributed by atoms with van der Waals surface area (Å²) >= 11 is 0. The summed E-state index contributed by atoms with van der Waals surface area (Å²) in [4.78, 5) is 0. The van der Waals surface area contributed by atoms with Crippen molar-refractivity contribution in [1.82, 2.24) is 0 Å². The molecule has 0 saturated heterocycles. The smallest absolute Gasteiger partial charge is 0.125 e. The minimum atomic E-state index is -0.861. The van der Waals surface area contributed by atoms with Crippen LogP contribution < -0.4 is 9.47 Å². The molecule has 1 fully saturated rings. The number of aliphatic hydroxyl groups is 1. The maximum absolute atomic E-state index is 10.6. The summed E-state index contributed by atoms with van der Waals surface area (Å²) in [5.74, 6) is 1.41. The molecule has 1 aliphatic rings. The summed E-state index contributed by atoms with van der Waals surface area (Å²) in [7, 11) is 3.22. The second-order valence-corrected chi connectivity index (χ2v) is 4.58. The maximum Gasteiger partial charge on any atom is 0.125 e. The summed E-state index contributed by atoms with van der Waals surface area (Å²) in [6, 6.07) is 5.48. The number of rotatable bonds is 5. The Morgan fingerprint density at radius 1 is 1.28 bits per heavy atom. The van der Waals surface area contributed by atoms with Crippen LogP contribution in [0.2, 0.25) is 0 Å². The van der Waals surface area contributed by atoms with Crippen LogP contribution in [0.3, 0.4) is 0 Å². The predicted octanol–water partition coefficient (Wildman–Crippen LogP) is 2.09. The minimum Gasteiger partial charge on any atom is -0.497 e. The van der Waals surface area contributed by atoms with Crippen LogP contribution >= 0.6 is 0 Å². The van der Waals surface area contributed by atoms with Crippen LogP contribution in [0.5, 0.6) is 11.5 Å². The van der Waals surface area contributed by atoms with Gasteiger partial charge in [-0.2, -0.15) is 0 Å². The van der Waals surface area contributed by atoms with Gasteiger partial charge in [0, 0.05) is 25.0 Å². The third-order valence-corrected chi connectivity index (χ3v) is 3.44. The van der Waals surface area contributed by atoms with Crippen molar-refractivity contribution >= 4 is 0 Å². The average Bonchev–Trinajstić information content (AvgIpc) is 2.36. The van der Waals surface area contributed by atoms with E-state index in [0.717, 1.165) is 11.3 Å². The molecule has 1 aromatic rings. The lowest BCUT2D eigenvalue weighted by Crippen LogP contribution is -2.46. The van der Waals surface area contributed by atoms with Crippen molar-refractivity contribution in [2.75, 3.05) is 20.8 Å². The lowest BCUT2D eigenvalue weighted by Gasteiger charge is -2.44. The van der Waals surface area contributed by atoms with Gasteiger partial charge in [0.25, 0.3) is 0 Å². The van der Waals surface area contributed by atoms with Crippen LogP contribution in [0.25, 0.3) is 0 Å². The Kier molecular flexibility index (Phi) is 3.78. The zero-order valence-corrected chi connectivity index (χ0v) is 11.1. The normalized spacial score (nSPS) is 26.6. The summed E-state index contributed by atoms with van der Waals surface area (Å²) in [5, 5.41) is 10.6. The van der Waals surface area contributed by atoms with Crippen LogP contribution in [0, 0.1) is 0 Å². The van der Waals surface area contributed by atoms with E-state index in [4.69, 9.17) is 14.2 Å². The number of ether oxygens (including phenoxy) is 3. The van der Waals surface area contributed by atoms with E-state index in [1.54, 1.807) is 14.2 Å². The van der Waals surface area contributed by atoms with E-state index in [-0.39, 0.29) is 6.10 Å². The largest absolute Gasteiger partial charge is 0.497 e. The fourth-order valence-corrected chi connectivity index (χ4v) is 2.44. The van der Waals surface area contributed by atoms with Crippen LogP contribution in [-0.4, -0.2) is 32.0 Å². The molecule has 4 heteroatoms. The summed E-state index contributed by atoms with van der Waals surface area (Å²) in [6.07, 6.45) is 1.34. The zero-order chi connectivity index (χ0) is 13.2. The monoisotopic (exact) mass is 252 g/mol. The van der Waals surface area contributed by atoms with Gasteiger partial charge in [0.05, 0.1) is 25.9 Å². The van der Waals surface area contributed by atoms with Gasteiger partial charge in [0.15, 0.2) is 0 Å². The first-order valence-electron chi connectivity index (χ1n) is 6.19. The van der Waals surface area contributed by atoms with Crippen LogP contribution in [0.15, 0.2) is 18.2 Å². The van der Waals surface area contributed by atoms with Gasteiger partial charge in [-0.25, -0.2) is 0 Å². The lowest BCUT2D eigenvalue weighted by atomic mass is 9.72. The first kappa shape index (κ1) is 13.2. The highest BCUT2D eigenvalue weighted by Crippen LogP contribution is 2.47. The van der Waals surface area contributed by atoms with E-state index in [2.05, 4.69) is 0 Å². The molecule has 0 bridgehead atoms. The Morgan fingerprint density at radius 2 is 2.00 bits per heavy atom. The Hall–Kier alpha value is -1.26. The topological polar surface area (TPSA) is 47.9 Å². The van der Waals surface area contributed by atoms with E-state index in [0.29, 0.717) is 25.2 Å². The van der Waals surface area contributed by atoms with Crippen molar-refractivity contribution in [2.24, 2.45) is 0 Å². The zero-order valence-electron chi connectivity index (χ0n) is 11.1. The van der Waals surface area contributed by atoms with Gasteiger partial charge in [-0.1, -0.05) is 0 Å². The third kappa shape index (κ3) is 2.31. The molecule has 0 radical (unpaired) electrons. The van der Waals surface area contributed by atoms with Crippen molar-refractivity contribution in [3.8, 4) is 11.5 Å². The molecule has 0 heterocycles. The van der Waals surface area contributed by atoms with Gasteiger partial charge >= 0.3 is 0 Å². The van der Waals surface area contributed by atoms with E-state index >= 15 is 0 Å². The second-order valence-electron chi connectivity index (χ2n) is 4.58. The molecule has 1 N–H and O–H groups in total. The van der Waals surface area contributed by atoms with Crippen molar-refractivity contribution in [3.05, 3.63) is 23.8 Å². The Balaban J connectivity index is 2.22. The van der Waals surface area contributed by atoms with Crippen molar-refractivity contribution in [3.63, 3.8) is 0 Å². The quantitative estimate of drug-likeness (QED) is 0.871. The van der Waals surface area contributed by atoms with Gasteiger partial charge in [0.1, 0.15) is 11.5 Å². The first-order valence-corrected chi connectivity index (χ1v) is 6.19. The molecule has 4 nitrogen and oxygen atoms in total. The Morgan fingerprint density at radius 3 is 2.56 bits per heavy atom. The highest BCUT2D eigenvalue weighted by Gasteiger charge is 2.46. The molecular formula is C14H20O4. The molecule has 0 unspecified atom stereocenters. The van der Waals surface area contributed by atoms with Crippen LogP contribution in [0.4, 0.5) is 0 Å². The molecule has 1 aromatic carbocycles. The maximum atomic E-state index is 10.6. The molecule has 0 aliphatic heterocycles. The van der Waals surface area contributed by atoms with Crippen LogP contribution in [0.1, 0.15) is 25.3 Å². The Labute approximate surface area is 107 Å². The molecule has 0 atom stereocenters. The van der Waals surface area contributed by atoms with E-state index in [1.165, 1.54) is 0 Å². The van der Waals surface area contributed by atoms with Gasteiger partial charge in [-0.3, -0.25) is 0 Å². The van der Waals surface area contributed by atoms with Crippen LogP contribution in [-0.2, 0) is 10.3 Å². The number of benzene rings is 1. The summed E-state index contributed by atoms with van der Waals surface area (Å²) < 4.78 is 16.0. The summed E-state index contributed by atoms with van der Waals surface area (Å²) in [5.41, 5.74) is -0.0833. The van der Waals surface area contributed by atoms with Crippen molar-refractivity contribution < 1.29 is 19.3 Å². The SMILES string of the molecule is CCOC1CC(O)(c2cc(OC)ccc2OC)C1. The van der Waals surface area contributed by atoms with E-state index in [1.807, 2.05) is 25.1 Å². The first-order chi connectivity index (χ1) is 8.62. The fourth-order valence-electron chi connectivity index (χ4n) is 2.44. The van der Waals surface area contributed by atoms with E-state index < -0.39 is 5.60 Å².